The summed E-state index contributed by atoms with van der Waals surface area (Å²) in [6.07, 6.45) is 7.12. The van der Waals surface area contributed by atoms with Crippen LogP contribution in [0.5, 0.6) is 0 Å². The van der Waals surface area contributed by atoms with E-state index < -0.39 is 0 Å². The summed E-state index contributed by atoms with van der Waals surface area (Å²) in [5, 5.41) is 0. The monoisotopic (exact) mass is 191 g/mol. The van der Waals surface area contributed by atoms with Crippen molar-refractivity contribution in [3.05, 3.63) is 35.9 Å². The second-order valence-electron chi connectivity index (χ2n) is 3.75. The predicted octanol–water partition coefficient (Wildman–Crippen LogP) is 3.31. The van der Waals surface area contributed by atoms with E-state index in [1.54, 1.807) is 5.56 Å². The van der Waals surface area contributed by atoms with E-state index in [2.05, 4.69) is 36.1 Å². The first kappa shape index (κ1) is 11.3. The average molecular weight is 191 g/mol. The molecule has 0 heterocycles. The zero-order valence-corrected chi connectivity index (χ0v) is 9.08. The summed E-state index contributed by atoms with van der Waals surface area (Å²) in [5.74, 6) is 0.861. The van der Waals surface area contributed by atoms with Crippen LogP contribution < -0.4 is 5.73 Å². The lowest BCUT2D eigenvalue weighted by Crippen LogP contribution is -2.03. The summed E-state index contributed by atoms with van der Waals surface area (Å²) >= 11 is 0. The molecular formula is C13H21N. The molecule has 0 aliphatic heterocycles. The lowest BCUT2D eigenvalue weighted by molar-refractivity contribution is 0.443. The summed E-state index contributed by atoms with van der Waals surface area (Å²) in [5.41, 5.74) is 6.05. The Kier molecular flexibility index (Phi) is 5.31. The molecule has 0 bridgehead atoms. The molecule has 0 amide bonds. The largest absolute Gasteiger partial charge is 0.333 e. The second-order valence-corrected chi connectivity index (χ2v) is 3.75. The molecule has 1 heteroatoms. The van der Waals surface area contributed by atoms with Crippen molar-refractivity contribution in [2.24, 2.45) is 5.73 Å². The third kappa shape index (κ3) is 3.15. The van der Waals surface area contributed by atoms with E-state index in [-0.39, 0.29) is 0 Å². The summed E-state index contributed by atoms with van der Waals surface area (Å²) in [4.78, 5) is 0. The third-order valence-corrected chi connectivity index (χ3v) is 2.88. The summed E-state index contributed by atoms with van der Waals surface area (Å²) in [7, 11) is 1.50. The van der Waals surface area contributed by atoms with Crippen LogP contribution in [0.4, 0.5) is 0 Å². The van der Waals surface area contributed by atoms with Gasteiger partial charge in [-0.15, -0.1) is 0 Å². The van der Waals surface area contributed by atoms with E-state index in [0.29, 0.717) is 0 Å². The van der Waals surface area contributed by atoms with E-state index >= 15 is 0 Å². The standard InChI is InChI=1S/C12H16.CH5N/c1-3-7-11(8-4-1)12-9-5-2-6-10-12;1-2/h1,3-4,7-8,12H,2,5-6,9-10H2;2H2,1H3. The van der Waals surface area contributed by atoms with Crippen molar-refractivity contribution in [1.82, 2.24) is 0 Å². The molecule has 1 aromatic rings. The quantitative estimate of drug-likeness (QED) is 0.724. The molecule has 0 spiro atoms. The van der Waals surface area contributed by atoms with Crippen LogP contribution in [0, 0.1) is 0 Å². The minimum atomic E-state index is 0.861. The number of benzene rings is 1. The van der Waals surface area contributed by atoms with Gasteiger partial charge < -0.3 is 5.73 Å². The molecule has 0 aromatic heterocycles. The number of rotatable bonds is 1. The maximum atomic E-state index is 4.50. The molecule has 1 aliphatic carbocycles. The number of hydrogen-bond acceptors (Lipinski definition) is 1. The molecule has 1 aliphatic rings. The lowest BCUT2D eigenvalue weighted by Gasteiger charge is -2.21. The summed E-state index contributed by atoms with van der Waals surface area (Å²) in [6.45, 7) is 0. The first-order chi connectivity index (χ1) is 6.97. The minimum Gasteiger partial charge on any atom is -0.333 e. The Morgan fingerprint density at radius 1 is 0.929 bits per heavy atom. The molecule has 2 N–H and O–H groups in total. The Morgan fingerprint density at radius 3 is 2.07 bits per heavy atom. The maximum Gasteiger partial charge on any atom is -0.0162 e. The Hall–Kier alpha value is -0.820. The second kappa shape index (κ2) is 6.61. The Labute approximate surface area is 87.3 Å². The van der Waals surface area contributed by atoms with Crippen LogP contribution in [0.3, 0.4) is 0 Å². The fourth-order valence-corrected chi connectivity index (χ4v) is 2.16. The fraction of sp³-hybridized carbons (Fsp3) is 0.538. The zero-order valence-electron chi connectivity index (χ0n) is 9.08. The van der Waals surface area contributed by atoms with Gasteiger partial charge in [-0.1, -0.05) is 49.6 Å². The maximum absolute atomic E-state index is 4.50. The van der Waals surface area contributed by atoms with E-state index in [4.69, 9.17) is 0 Å². The van der Waals surface area contributed by atoms with Gasteiger partial charge in [0.2, 0.25) is 0 Å². The molecule has 0 radical (unpaired) electrons. The van der Waals surface area contributed by atoms with Crippen molar-refractivity contribution in [3.63, 3.8) is 0 Å². The highest BCUT2D eigenvalue weighted by Gasteiger charge is 2.14. The first-order valence-electron chi connectivity index (χ1n) is 5.59. The van der Waals surface area contributed by atoms with Crippen LogP contribution >= 0.6 is 0 Å². The molecule has 14 heavy (non-hydrogen) atoms. The number of nitrogens with two attached hydrogens (primary N) is 1. The highest BCUT2D eigenvalue weighted by atomic mass is 14.4. The van der Waals surface area contributed by atoms with Crippen LogP contribution in [0.25, 0.3) is 0 Å². The molecule has 0 atom stereocenters. The molecule has 1 aromatic carbocycles. The highest BCUT2D eigenvalue weighted by molar-refractivity contribution is 5.19. The molecule has 0 unspecified atom stereocenters. The van der Waals surface area contributed by atoms with Gasteiger partial charge in [0, 0.05) is 0 Å². The first-order valence-corrected chi connectivity index (χ1v) is 5.59. The van der Waals surface area contributed by atoms with Crippen molar-refractivity contribution >= 4 is 0 Å². The van der Waals surface area contributed by atoms with Crippen LogP contribution in [0.1, 0.15) is 43.6 Å². The highest BCUT2D eigenvalue weighted by Crippen LogP contribution is 2.31. The SMILES string of the molecule is CN.c1ccc(C2CCCCC2)cc1. The van der Waals surface area contributed by atoms with Gasteiger partial charge >= 0.3 is 0 Å². The van der Waals surface area contributed by atoms with Crippen molar-refractivity contribution in [1.29, 1.82) is 0 Å². The molecule has 1 fully saturated rings. The summed E-state index contributed by atoms with van der Waals surface area (Å²) < 4.78 is 0. The van der Waals surface area contributed by atoms with E-state index in [1.807, 2.05) is 0 Å². The van der Waals surface area contributed by atoms with Gasteiger partial charge in [-0.05, 0) is 31.4 Å². The van der Waals surface area contributed by atoms with Gasteiger partial charge in [0.05, 0.1) is 0 Å². The summed E-state index contributed by atoms with van der Waals surface area (Å²) in [6, 6.07) is 11.0. The van der Waals surface area contributed by atoms with Gasteiger partial charge in [0.25, 0.3) is 0 Å². The van der Waals surface area contributed by atoms with E-state index in [0.717, 1.165) is 5.92 Å². The molecule has 78 valence electrons. The zero-order chi connectivity index (χ0) is 10.2. The molecular weight excluding hydrogens is 170 g/mol. The van der Waals surface area contributed by atoms with Gasteiger partial charge in [-0.2, -0.15) is 0 Å². The predicted molar refractivity (Wildman–Crippen MR) is 62.4 cm³/mol. The van der Waals surface area contributed by atoms with Crippen molar-refractivity contribution in [2.75, 3.05) is 7.05 Å². The van der Waals surface area contributed by atoms with Gasteiger partial charge in [0.15, 0.2) is 0 Å². The van der Waals surface area contributed by atoms with E-state index in [9.17, 15) is 0 Å². The van der Waals surface area contributed by atoms with Crippen LogP contribution in [0.2, 0.25) is 0 Å². The van der Waals surface area contributed by atoms with Gasteiger partial charge in [0.1, 0.15) is 0 Å². The van der Waals surface area contributed by atoms with Crippen molar-refractivity contribution in [3.8, 4) is 0 Å². The molecule has 2 rings (SSSR count). The van der Waals surface area contributed by atoms with E-state index in [1.165, 1.54) is 39.2 Å². The molecule has 1 nitrogen and oxygen atoms in total. The van der Waals surface area contributed by atoms with Crippen LogP contribution in [0.15, 0.2) is 30.3 Å². The Bertz CT molecular complexity index is 224. The van der Waals surface area contributed by atoms with Crippen molar-refractivity contribution in [2.45, 2.75) is 38.0 Å². The fourth-order valence-electron chi connectivity index (χ4n) is 2.16. The topological polar surface area (TPSA) is 26.0 Å². The van der Waals surface area contributed by atoms with Gasteiger partial charge in [-0.25, -0.2) is 0 Å². The smallest absolute Gasteiger partial charge is 0.0162 e. The third-order valence-electron chi connectivity index (χ3n) is 2.88. The van der Waals surface area contributed by atoms with Crippen LogP contribution in [-0.4, -0.2) is 7.05 Å². The average Bonchev–Trinajstić information content (AvgIpc) is 2.34. The normalized spacial score (nSPS) is 17.0. The lowest BCUT2D eigenvalue weighted by atomic mass is 9.84. The number of hydrogen-bond donors (Lipinski definition) is 1. The Balaban J connectivity index is 0.000000461. The molecule has 1 saturated carbocycles. The van der Waals surface area contributed by atoms with Crippen LogP contribution in [-0.2, 0) is 0 Å². The molecule has 0 saturated heterocycles. The van der Waals surface area contributed by atoms with Crippen molar-refractivity contribution < 1.29 is 0 Å². The Morgan fingerprint density at radius 2 is 1.50 bits per heavy atom. The van der Waals surface area contributed by atoms with Gasteiger partial charge in [-0.3, -0.25) is 0 Å². The minimum absolute atomic E-state index is 0.861.